The molecule has 2 rings (SSSR count). The van der Waals surface area contributed by atoms with E-state index in [1.54, 1.807) is 0 Å². The zero-order valence-electron chi connectivity index (χ0n) is 9.08. The van der Waals surface area contributed by atoms with Crippen LogP contribution in [0.1, 0.15) is 31.2 Å². The fourth-order valence-electron chi connectivity index (χ4n) is 2.56. The Hall–Kier alpha value is -0.830. The van der Waals surface area contributed by atoms with E-state index in [4.69, 9.17) is 0 Å². The van der Waals surface area contributed by atoms with Crippen LogP contribution in [0.5, 0.6) is 0 Å². The Morgan fingerprint density at radius 1 is 1.38 bits per heavy atom. The molecule has 0 spiro atoms. The van der Waals surface area contributed by atoms with Crippen molar-refractivity contribution in [1.29, 1.82) is 0 Å². The molecule has 0 bridgehead atoms. The number of aliphatic carboxylic acids is 1. The number of carboxylic acids is 1. The van der Waals surface area contributed by atoms with E-state index < -0.39 is 11.4 Å². The van der Waals surface area contributed by atoms with Gasteiger partial charge in [0.1, 0.15) is 0 Å². The molecule has 1 saturated carbocycles. The smallest absolute Gasteiger partial charge is 0.309 e. The molecule has 0 aromatic heterocycles. The van der Waals surface area contributed by atoms with E-state index in [1.165, 1.54) is 0 Å². The van der Waals surface area contributed by atoms with E-state index in [0.29, 0.717) is 6.42 Å². The first-order valence-corrected chi connectivity index (χ1v) is 6.40. The molecule has 0 amide bonds. The van der Waals surface area contributed by atoms with E-state index in [9.17, 15) is 9.90 Å². The molecule has 1 aromatic rings. The van der Waals surface area contributed by atoms with Gasteiger partial charge in [-0.05, 0) is 37.0 Å². The van der Waals surface area contributed by atoms with E-state index in [2.05, 4.69) is 15.9 Å². The van der Waals surface area contributed by atoms with Gasteiger partial charge in [0.2, 0.25) is 0 Å². The largest absolute Gasteiger partial charge is 0.481 e. The molecule has 86 valence electrons. The summed E-state index contributed by atoms with van der Waals surface area (Å²) < 4.78 is 1.02. The summed E-state index contributed by atoms with van der Waals surface area (Å²) in [5, 5.41) is 9.38. The second-order valence-electron chi connectivity index (χ2n) is 4.60. The van der Waals surface area contributed by atoms with Crippen molar-refractivity contribution in [2.24, 2.45) is 5.41 Å². The van der Waals surface area contributed by atoms with Crippen LogP contribution in [0.3, 0.4) is 0 Å². The standard InChI is InChI=1S/C13H15BrO2/c14-11-5-3-4-10(8-11)9-13(12(15)16)6-1-2-7-13/h3-5,8H,1-2,6-7,9H2,(H,15,16). The zero-order chi connectivity index (χ0) is 11.6. The topological polar surface area (TPSA) is 37.3 Å². The van der Waals surface area contributed by atoms with Gasteiger partial charge in [0.15, 0.2) is 0 Å². The highest BCUT2D eigenvalue weighted by Gasteiger charge is 2.41. The van der Waals surface area contributed by atoms with Crippen LogP contribution in [-0.2, 0) is 11.2 Å². The molecule has 2 nitrogen and oxygen atoms in total. The molecule has 1 aromatic carbocycles. The number of benzene rings is 1. The van der Waals surface area contributed by atoms with Crippen LogP contribution in [0.25, 0.3) is 0 Å². The monoisotopic (exact) mass is 282 g/mol. The third-order valence-electron chi connectivity index (χ3n) is 3.45. The second-order valence-corrected chi connectivity index (χ2v) is 5.51. The lowest BCUT2D eigenvalue weighted by molar-refractivity contribution is -0.148. The average molecular weight is 283 g/mol. The normalized spacial score (nSPS) is 18.6. The fraction of sp³-hybridized carbons (Fsp3) is 0.462. The molecular formula is C13H15BrO2. The van der Waals surface area contributed by atoms with E-state index in [-0.39, 0.29) is 0 Å². The van der Waals surface area contributed by atoms with Crippen molar-refractivity contribution >= 4 is 21.9 Å². The Morgan fingerprint density at radius 2 is 2.06 bits per heavy atom. The molecule has 1 N–H and O–H groups in total. The maximum atomic E-state index is 11.4. The Balaban J connectivity index is 2.21. The zero-order valence-corrected chi connectivity index (χ0v) is 10.7. The predicted octanol–water partition coefficient (Wildman–Crippen LogP) is 3.64. The van der Waals surface area contributed by atoms with Gasteiger partial charge in [-0.1, -0.05) is 40.9 Å². The predicted molar refractivity (Wildman–Crippen MR) is 66.4 cm³/mol. The van der Waals surface area contributed by atoms with E-state index >= 15 is 0 Å². The Kier molecular flexibility index (Phi) is 3.33. The van der Waals surface area contributed by atoms with Gasteiger partial charge in [-0.15, -0.1) is 0 Å². The molecule has 0 aliphatic heterocycles. The fourth-order valence-corrected chi connectivity index (χ4v) is 3.00. The van der Waals surface area contributed by atoms with Gasteiger partial charge in [-0.3, -0.25) is 4.79 Å². The van der Waals surface area contributed by atoms with Crippen molar-refractivity contribution in [2.75, 3.05) is 0 Å². The number of halogens is 1. The molecular weight excluding hydrogens is 268 g/mol. The van der Waals surface area contributed by atoms with Crippen LogP contribution in [0.15, 0.2) is 28.7 Å². The summed E-state index contributed by atoms with van der Waals surface area (Å²) in [6, 6.07) is 7.95. The van der Waals surface area contributed by atoms with Crippen molar-refractivity contribution in [3.63, 3.8) is 0 Å². The summed E-state index contributed by atoms with van der Waals surface area (Å²) in [4.78, 5) is 11.4. The summed E-state index contributed by atoms with van der Waals surface area (Å²) in [5.74, 6) is -0.634. The van der Waals surface area contributed by atoms with Crippen LogP contribution < -0.4 is 0 Å². The van der Waals surface area contributed by atoms with Crippen molar-refractivity contribution in [3.05, 3.63) is 34.3 Å². The van der Waals surface area contributed by atoms with Crippen molar-refractivity contribution in [1.82, 2.24) is 0 Å². The number of carbonyl (C=O) groups is 1. The second kappa shape index (κ2) is 4.58. The number of hydrogen-bond acceptors (Lipinski definition) is 1. The van der Waals surface area contributed by atoms with Gasteiger partial charge in [-0.25, -0.2) is 0 Å². The summed E-state index contributed by atoms with van der Waals surface area (Å²) in [5.41, 5.74) is 0.597. The number of carboxylic acid groups (broad SMARTS) is 1. The minimum atomic E-state index is -0.634. The maximum absolute atomic E-state index is 11.4. The van der Waals surface area contributed by atoms with E-state index in [0.717, 1.165) is 35.7 Å². The summed E-state index contributed by atoms with van der Waals surface area (Å²) in [6.45, 7) is 0. The first-order chi connectivity index (χ1) is 7.62. The molecule has 1 aliphatic rings. The maximum Gasteiger partial charge on any atom is 0.309 e. The molecule has 0 saturated heterocycles. The number of rotatable bonds is 3. The first-order valence-electron chi connectivity index (χ1n) is 5.60. The highest BCUT2D eigenvalue weighted by Crippen LogP contribution is 2.41. The lowest BCUT2D eigenvalue weighted by atomic mass is 9.80. The lowest BCUT2D eigenvalue weighted by Gasteiger charge is -2.23. The Morgan fingerprint density at radius 3 is 2.62 bits per heavy atom. The molecule has 3 heteroatoms. The molecule has 0 unspecified atom stereocenters. The molecule has 1 fully saturated rings. The highest BCUT2D eigenvalue weighted by atomic mass is 79.9. The number of hydrogen-bond donors (Lipinski definition) is 1. The summed E-state index contributed by atoms with van der Waals surface area (Å²) >= 11 is 3.42. The summed E-state index contributed by atoms with van der Waals surface area (Å²) in [6.07, 6.45) is 4.37. The third-order valence-corrected chi connectivity index (χ3v) is 3.94. The Bertz CT molecular complexity index is 395. The van der Waals surface area contributed by atoms with Crippen molar-refractivity contribution in [2.45, 2.75) is 32.1 Å². The molecule has 0 heterocycles. The molecule has 0 radical (unpaired) electrons. The lowest BCUT2D eigenvalue weighted by Crippen LogP contribution is -2.30. The van der Waals surface area contributed by atoms with Crippen molar-refractivity contribution in [3.8, 4) is 0 Å². The van der Waals surface area contributed by atoms with Gasteiger partial charge in [0, 0.05) is 4.47 Å². The van der Waals surface area contributed by atoms with Gasteiger partial charge in [-0.2, -0.15) is 0 Å². The van der Waals surface area contributed by atoms with Crippen LogP contribution in [0.2, 0.25) is 0 Å². The molecule has 0 atom stereocenters. The SMILES string of the molecule is O=C(O)C1(Cc2cccc(Br)c2)CCCC1. The van der Waals surface area contributed by atoms with Crippen molar-refractivity contribution < 1.29 is 9.90 Å². The van der Waals surface area contributed by atoms with Crippen LogP contribution in [0.4, 0.5) is 0 Å². The van der Waals surface area contributed by atoms with Crippen LogP contribution in [0, 0.1) is 5.41 Å². The first kappa shape index (κ1) is 11.6. The third kappa shape index (κ3) is 2.29. The Labute approximate surface area is 104 Å². The van der Waals surface area contributed by atoms with E-state index in [1.807, 2.05) is 24.3 Å². The quantitative estimate of drug-likeness (QED) is 0.919. The molecule has 1 aliphatic carbocycles. The van der Waals surface area contributed by atoms with Crippen LogP contribution >= 0.6 is 15.9 Å². The average Bonchev–Trinajstić information content (AvgIpc) is 2.67. The summed E-state index contributed by atoms with van der Waals surface area (Å²) in [7, 11) is 0. The highest BCUT2D eigenvalue weighted by molar-refractivity contribution is 9.10. The van der Waals surface area contributed by atoms with Gasteiger partial charge >= 0.3 is 5.97 Å². The molecule has 16 heavy (non-hydrogen) atoms. The minimum Gasteiger partial charge on any atom is -0.481 e. The minimum absolute atomic E-state index is 0.513. The van der Waals surface area contributed by atoms with Gasteiger partial charge < -0.3 is 5.11 Å². The van der Waals surface area contributed by atoms with Crippen LogP contribution in [-0.4, -0.2) is 11.1 Å². The van der Waals surface area contributed by atoms with Gasteiger partial charge in [0.05, 0.1) is 5.41 Å². The van der Waals surface area contributed by atoms with Gasteiger partial charge in [0.25, 0.3) is 0 Å².